The van der Waals surface area contributed by atoms with E-state index >= 15 is 0 Å². The lowest BCUT2D eigenvalue weighted by atomic mass is 9.83. The molecular weight excluding hydrogens is 335 g/mol. The zero-order chi connectivity index (χ0) is 18.2. The summed E-state index contributed by atoms with van der Waals surface area (Å²) in [4.78, 5) is 1.84. The van der Waals surface area contributed by atoms with Crippen LogP contribution in [0.2, 0.25) is 0 Å². The lowest BCUT2D eigenvalue weighted by Crippen LogP contribution is -2.33. The van der Waals surface area contributed by atoms with Crippen LogP contribution in [-0.2, 0) is 0 Å². The SMILES string of the molecule is C=CC1=C(C2=C(C)N(CCC(F)(F)F)C(C)C2C)C(Cl)=CC(=C)C1. The lowest BCUT2D eigenvalue weighted by molar-refractivity contribution is -0.137. The van der Waals surface area contributed by atoms with Gasteiger partial charge in [-0.05, 0) is 43.1 Å². The predicted octanol–water partition coefficient (Wildman–Crippen LogP) is 6.12. The summed E-state index contributed by atoms with van der Waals surface area (Å²) < 4.78 is 37.9. The molecule has 0 aromatic carbocycles. The quantitative estimate of drug-likeness (QED) is 0.586. The van der Waals surface area contributed by atoms with Gasteiger partial charge in [-0.3, -0.25) is 0 Å². The molecule has 1 aliphatic carbocycles. The number of alkyl halides is 3. The molecule has 0 spiro atoms. The largest absolute Gasteiger partial charge is 0.390 e. The highest BCUT2D eigenvalue weighted by Crippen LogP contribution is 2.45. The van der Waals surface area contributed by atoms with Gasteiger partial charge >= 0.3 is 6.18 Å². The van der Waals surface area contributed by atoms with E-state index in [0.717, 1.165) is 28.0 Å². The minimum Gasteiger partial charge on any atom is -0.371 e. The van der Waals surface area contributed by atoms with Crippen molar-refractivity contribution in [2.24, 2.45) is 5.92 Å². The summed E-state index contributed by atoms with van der Waals surface area (Å²) in [6.07, 6.45) is -0.707. The van der Waals surface area contributed by atoms with E-state index < -0.39 is 12.6 Å². The van der Waals surface area contributed by atoms with Gasteiger partial charge in [0.05, 0.1) is 6.42 Å². The van der Waals surface area contributed by atoms with Gasteiger partial charge in [-0.1, -0.05) is 37.8 Å². The monoisotopic (exact) mass is 357 g/mol. The predicted molar refractivity (Wildman–Crippen MR) is 93.6 cm³/mol. The molecule has 0 fully saturated rings. The van der Waals surface area contributed by atoms with Crippen molar-refractivity contribution in [2.45, 2.75) is 45.8 Å². The summed E-state index contributed by atoms with van der Waals surface area (Å²) >= 11 is 6.47. The first-order valence-electron chi connectivity index (χ1n) is 8.02. The fourth-order valence-corrected chi connectivity index (χ4v) is 3.97. The zero-order valence-electron chi connectivity index (χ0n) is 14.3. The Morgan fingerprint density at radius 1 is 1.38 bits per heavy atom. The minimum absolute atomic E-state index is 0.00416. The average molecular weight is 358 g/mol. The maximum atomic E-state index is 12.6. The summed E-state index contributed by atoms with van der Waals surface area (Å²) in [5.74, 6) is 0.0942. The number of rotatable bonds is 4. The van der Waals surface area contributed by atoms with Crippen LogP contribution in [0, 0.1) is 5.92 Å². The molecule has 0 N–H and O–H groups in total. The van der Waals surface area contributed by atoms with E-state index in [4.69, 9.17) is 11.6 Å². The third-order valence-electron chi connectivity index (χ3n) is 4.95. The van der Waals surface area contributed by atoms with E-state index in [0.29, 0.717) is 11.5 Å². The second-order valence-electron chi connectivity index (χ2n) is 6.52. The van der Waals surface area contributed by atoms with Gasteiger partial charge in [0.15, 0.2) is 0 Å². The van der Waals surface area contributed by atoms with Crippen LogP contribution in [0.25, 0.3) is 0 Å². The molecule has 0 aromatic heterocycles. The molecule has 0 saturated carbocycles. The molecule has 132 valence electrons. The fourth-order valence-electron chi connectivity index (χ4n) is 3.59. The van der Waals surface area contributed by atoms with Gasteiger partial charge in [0, 0.05) is 34.8 Å². The van der Waals surface area contributed by atoms with Gasteiger partial charge in [-0.15, -0.1) is 0 Å². The third-order valence-corrected chi connectivity index (χ3v) is 5.25. The third kappa shape index (κ3) is 3.64. The van der Waals surface area contributed by atoms with E-state index in [-0.39, 0.29) is 18.5 Å². The Kier molecular flexibility index (Phi) is 5.38. The van der Waals surface area contributed by atoms with Crippen LogP contribution in [0.1, 0.15) is 33.6 Å². The molecule has 1 heterocycles. The molecule has 0 amide bonds. The zero-order valence-corrected chi connectivity index (χ0v) is 15.1. The van der Waals surface area contributed by atoms with Gasteiger partial charge in [-0.2, -0.15) is 13.2 Å². The van der Waals surface area contributed by atoms with Crippen LogP contribution in [0.3, 0.4) is 0 Å². The van der Waals surface area contributed by atoms with E-state index in [1.165, 1.54) is 0 Å². The highest BCUT2D eigenvalue weighted by molar-refractivity contribution is 6.33. The van der Waals surface area contributed by atoms with Gasteiger partial charge in [0.2, 0.25) is 0 Å². The molecule has 2 unspecified atom stereocenters. The first kappa shape index (κ1) is 18.9. The van der Waals surface area contributed by atoms with Crippen molar-refractivity contribution < 1.29 is 13.2 Å². The molecule has 1 nitrogen and oxygen atoms in total. The Labute approximate surface area is 146 Å². The van der Waals surface area contributed by atoms with Crippen molar-refractivity contribution in [3.8, 4) is 0 Å². The summed E-state index contributed by atoms with van der Waals surface area (Å²) in [6.45, 7) is 13.7. The van der Waals surface area contributed by atoms with E-state index in [1.807, 2.05) is 31.7 Å². The van der Waals surface area contributed by atoms with Crippen LogP contribution in [0.5, 0.6) is 0 Å². The molecule has 1 aliphatic heterocycles. The molecule has 0 radical (unpaired) electrons. The van der Waals surface area contributed by atoms with Crippen molar-refractivity contribution in [1.82, 2.24) is 4.90 Å². The summed E-state index contributed by atoms with van der Waals surface area (Å²) in [6, 6.07) is -0.00416. The first-order valence-corrected chi connectivity index (χ1v) is 8.40. The molecule has 2 aliphatic rings. The number of allylic oxidation sites excluding steroid dienone is 7. The second-order valence-corrected chi connectivity index (χ2v) is 6.93. The number of hydrogen-bond donors (Lipinski definition) is 0. The maximum Gasteiger partial charge on any atom is 0.390 e. The number of halogens is 4. The maximum absolute atomic E-state index is 12.6. The van der Waals surface area contributed by atoms with Crippen molar-refractivity contribution in [3.63, 3.8) is 0 Å². The molecule has 0 aromatic rings. The van der Waals surface area contributed by atoms with Crippen molar-refractivity contribution in [2.75, 3.05) is 6.54 Å². The molecule has 2 atom stereocenters. The van der Waals surface area contributed by atoms with Crippen LogP contribution in [-0.4, -0.2) is 23.7 Å². The topological polar surface area (TPSA) is 3.24 Å². The summed E-state index contributed by atoms with van der Waals surface area (Å²) in [5.41, 5.74) is 4.69. The fraction of sp³-hybridized carbons (Fsp3) is 0.474. The van der Waals surface area contributed by atoms with Gasteiger partial charge in [0.25, 0.3) is 0 Å². The van der Waals surface area contributed by atoms with E-state index in [9.17, 15) is 13.2 Å². The van der Waals surface area contributed by atoms with Crippen LogP contribution in [0.4, 0.5) is 13.2 Å². The number of hydrogen-bond acceptors (Lipinski definition) is 1. The Balaban J connectivity index is 2.44. The Bertz CT molecular complexity index is 652. The molecule has 0 bridgehead atoms. The molecular formula is C19H23ClF3N. The highest BCUT2D eigenvalue weighted by Gasteiger charge is 2.38. The van der Waals surface area contributed by atoms with Crippen LogP contribution in [0.15, 0.2) is 58.3 Å². The van der Waals surface area contributed by atoms with Crippen LogP contribution < -0.4 is 0 Å². The average Bonchev–Trinajstić information content (AvgIpc) is 2.67. The Hall–Kier alpha value is -1.42. The first-order chi connectivity index (χ1) is 11.1. The lowest BCUT2D eigenvalue weighted by Gasteiger charge is -2.28. The van der Waals surface area contributed by atoms with Crippen LogP contribution >= 0.6 is 11.6 Å². The molecule has 2 rings (SSSR count). The standard InChI is InChI=1S/C19H23ClF3N/c1-6-15-9-11(2)10-16(20)18(15)17-12(3)13(4)24(14(17)5)8-7-19(21,22)23/h6,10,12-13H,1-2,7-9H2,3-5H3. The number of nitrogens with zero attached hydrogens (tertiary/aromatic N) is 1. The smallest absolute Gasteiger partial charge is 0.371 e. The van der Waals surface area contributed by atoms with Gasteiger partial charge in [-0.25, -0.2) is 0 Å². The molecule has 0 saturated heterocycles. The van der Waals surface area contributed by atoms with Crippen molar-refractivity contribution in [1.29, 1.82) is 0 Å². The molecule has 5 heteroatoms. The normalized spacial score (nSPS) is 25.5. The van der Waals surface area contributed by atoms with E-state index in [1.54, 1.807) is 6.08 Å². The van der Waals surface area contributed by atoms with Crippen molar-refractivity contribution >= 4 is 11.6 Å². The van der Waals surface area contributed by atoms with Gasteiger partial charge in [0.1, 0.15) is 0 Å². The summed E-state index contributed by atoms with van der Waals surface area (Å²) in [7, 11) is 0. The Morgan fingerprint density at radius 2 is 2.00 bits per heavy atom. The second kappa shape index (κ2) is 6.83. The Morgan fingerprint density at radius 3 is 2.54 bits per heavy atom. The minimum atomic E-state index is -4.16. The highest BCUT2D eigenvalue weighted by atomic mass is 35.5. The molecule has 24 heavy (non-hydrogen) atoms. The summed E-state index contributed by atoms with van der Waals surface area (Å²) in [5, 5.41) is 0.590. The van der Waals surface area contributed by atoms with Crippen molar-refractivity contribution in [3.05, 3.63) is 58.3 Å². The van der Waals surface area contributed by atoms with E-state index in [2.05, 4.69) is 13.2 Å². The van der Waals surface area contributed by atoms with Gasteiger partial charge < -0.3 is 4.90 Å².